The Morgan fingerprint density at radius 2 is 2.10 bits per heavy atom. The molecule has 108 valence electrons. The molecule has 0 spiro atoms. The molecule has 0 unspecified atom stereocenters. The van der Waals surface area contributed by atoms with Crippen LogP contribution in [0.4, 0.5) is 15.8 Å². The first-order valence-corrected chi connectivity index (χ1v) is 6.24. The summed E-state index contributed by atoms with van der Waals surface area (Å²) in [6, 6.07) is 1.58. The number of nitro groups is 1. The number of nitrogens with zero attached hydrogens (tertiary/aromatic N) is 1. The number of halogens is 1. The molecule has 0 radical (unpaired) electrons. The molecule has 0 bridgehead atoms. The first-order valence-electron chi connectivity index (χ1n) is 6.24. The smallest absolute Gasteiger partial charge is 0.295 e. The fourth-order valence-electron chi connectivity index (χ4n) is 2.17. The van der Waals surface area contributed by atoms with Crippen molar-refractivity contribution in [3.63, 3.8) is 0 Å². The summed E-state index contributed by atoms with van der Waals surface area (Å²) in [5.74, 6) is -1.45. The molecule has 0 aliphatic carbocycles. The molecular formula is C12H15FN4O3. The van der Waals surface area contributed by atoms with E-state index < -0.39 is 22.3 Å². The number of carbonyl (C=O) groups excluding carboxylic acids is 1. The van der Waals surface area contributed by atoms with E-state index in [1.54, 1.807) is 0 Å². The molecule has 8 heteroatoms. The third kappa shape index (κ3) is 3.02. The molecular weight excluding hydrogens is 267 g/mol. The van der Waals surface area contributed by atoms with Crippen LogP contribution in [0.25, 0.3) is 0 Å². The number of nitro benzene ring substituents is 1. The van der Waals surface area contributed by atoms with Gasteiger partial charge in [0.15, 0.2) is 0 Å². The molecule has 1 amide bonds. The quantitative estimate of drug-likeness (QED) is 0.431. The maximum Gasteiger partial charge on any atom is 0.295 e. The number of piperidine rings is 1. The van der Waals surface area contributed by atoms with Crippen LogP contribution in [-0.2, 0) is 0 Å². The van der Waals surface area contributed by atoms with Crippen LogP contribution in [0.3, 0.4) is 0 Å². The predicted molar refractivity (Wildman–Crippen MR) is 70.8 cm³/mol. The van der Waals surface area contributed by atoms with Crippen molar-refractivity contribution in [1.82, 2.24) is 10.6 Å². The van der Waals surface area contributed by atoms with Crippen molar-refractivity contribution < 1.29 is 14.1 Å². The molecule has 2 rings (SSSR count). The summed E-state index contributed by atoms with van der Waals surface area (Å²) < 4.78 is 13.4. The Morgan fingerprint density at radius 1 is 1.45 bits per heavy atom. The molecule has 1 aliphatic rings. The topological polar surface area (TPSA) is 110 Å². The molecule has 0 saturated carbocycles. The zero-order valence-electron chi connectivity index (χ0n) is 10.7. The van der Waals surface area contributed by atoms with Crippen LogP contribution in [0.5, 0.6) is 0 Å². The van der Waals surface area contributed by atoms with Crippen molar-refractivity contribution in [1.29, 1.82) is 0 Å². The highest BCUT2D eigenvalue weighted by Crippen LogP contribution is 2.26. The molecule has 20 heavy (non-hydrogen) atoms. The number of benzene rings is 1. The Hall–Kier alpha value is -2.22. The average Bonchev–Trinajstić information content (AvgIpc) is 2.41. The van der Waals surface area contributed by atoms with Gasteiger partial charge in [-0.05, 0) is 32.0 Å². The molecule has 0 aromatic heterocycles. The van der Waals surface area contributed by atoms with Gasteiger partial charge in [0.05, 0.1) is 16.6 Å². The van der Waals surface area contributed by atoms with Gasteiger partial charge in [-0.3, -0.25) is 14.9 Å². The van der Waals surface area contributed by atoms with Crippen molar-refractivity contribution in [2.75, 3.05) is 18.8 Å². The van der Waals surface area contributed by atoms with E-state index in [0.29, 0.717) is 6.07 Å². The van der Waals surface area contributed by atoms with Crippen LogP contribution in [0, 0.1) is 15.9 Å². The molecule has 1 heterocycles. The van der Waals surface area contributed by atoms with Crippen molar-refractivity contribution in [3.8, 4) is 0 Å². The number of carbonyl (C=O) groups is 1. The zero-order chi connectivity index (χ0) is 14.7. The second-order valence-electron chi connectivity index (χ2n) is 4.64. The Balaban J connectivity index is 2.22. The van der Waals surface area contributed by atoms with E-state index in [1.807, 2.05) is 0 Å². The Kier molecular flexibility index (Phi) is 4.14. The number of amides is 1. The van der Waals surface area contributed by atoms with Crippen LogP contribution >= 0.6 is 0 Å². The number of hydrogen-bond donors (Lipinski definition) is 3. The summed E-state index contributed by atoms with van der Waals surface area (Å²) in [7, 11) is 0. The molecule has 1 fully saturated rings. The summed E-state index contributed by atoms with van der Waals surface area (Å²) in [5, 5.41) is 16.6. The Bertz CT molecular complexity index is 544. The SMILES string of the molecule is Nc1c(C(=O)NC2CCNCC2)cc(F)cc1[N+](=O)[O-]. The minimum absolute atomic E-state index is 0.0366. The number of nitrogens with one attached hydrogen (secondary N) is 2. The summed E-state index contributed by atoms with van der Waals surface area (Å²) in [4.78, 5) is 22.0. The Morgan fingerprint density at radius 3 is 2.70 bits per heavy atom. The van der Waals surface area contributed by atoms with Gasteiger partial charge in [-0.25, -0.2) is 4.39 Å². The third-order valence-electron chi connectivity index (χ3n) is 3.24. The van der Waals surface area contributed by atoms with Gasteiger partial charge in [0.1, 0.15) is 11.5 Å². The van der Waals surface area contributed by atoms with E-state index in [-0.39, 0.29) is 17.3 Å². The van der Waals surface area contributed by atoms with Gasteiger partial charge in [-0.2, -0.15) is 0 Å². The Labute approximate surface area is 114 Å². The molecule has 4 N–H and O–H groups in total. The van der Waals surface area contributed by atoms with E-state index in [9.17, 15) is 19.3 Å². The molecule has 0 atom stereocenters. The van der Waals surface area contributed by atoms with E-state index in [4.69, 9.17) is 5.73 Å². The first-order chi connectivity index (χ1) is 9.49. The lowest BCUT2D eigenvalue weighted by atomic mass is 10.1. The summed E-state index contributed by atoms with van der Waals surface area (Å²) in [6.45, 7) is 1.56. The lowest BCUT2D eigenvalue weighted by Gasteiger charge is -2.23. The van der Waals surface area contributed by atoms with Gasteiger partial charge in [0.25, 0.3) is 11.6 Å². The lowest BCUT2D eigenvalue weighted by molar-refractivity contribution is -0.384. The molecule has 7 nitrogen and oxygen atoms in total. The summed E-state index contributed by atoms with van der Waals surface area (Å²) >= 11 is 0. The minimum Gasteiger partial charge on any atom is -0.393 e. The van der Waals surface area contributed by atoms with E-state index >= 15 is 0 Å². The van der Waals surface area contributed by atoms with Crippen molar-refractivity contribution in [3.05, 3.63) is 33.6 Å². The fourth-order valence-corrected chi connectivity index (χ4v) is 2.17. The van der Waals surface area contributed by atoms with E-state index in [0.717, 1.165) is 32.0 Å². The van der Waals surface area contributed by atoms with Gasteiger partial charge >= 0.3 is 0 Å². The van der Waals surface area contributed by atoms with Gasteiger partial charge in [0, 0.05) is 6.04 Å². The van der Waals surface area contributed by atoms with Crippen LogP contribution in [0.1, 0.15) is 23.2 Å². The maximum absolute atomic E-state index is 13.4. The van der Waals surface area contributed by atoms with Crippen molar-refractivity contribution in [2.24, 2.45) is 0 Å². The zero-order valence-corrected chi connectivity index (χ0v) is 10.7. The van der Waals surface area contributed by atoms with Crippen molar-refractivity contribution >= 4 is 17.3 Å². The molecule has 1 aromatic carbocycles. The summed E-state index contributed by atoms with van der Waals surface area (Å²) in [5.41, 5.74) is 4.47. The standard InChI is InChI=1S/C12H15FN4O3/c13-7-5-9(11(14)10(6-7)17(19)20)12(18)16-8-1-3-15-4-2-8/h5-6,8,15H,1-4,14H2,(H,16,18). The van der Waals surface area contributed by atoms with Crippen LogP contribution in [0.2, 0.25) is 0 Å². The second kappa shape index (κ2) is 5.83. The lowest BCUT2D eigenvalue weighted by Crippen LogP contribution is -2.42. The highest BCUT2D eigenvalue weighted by atomic mass is 19.1. The number of hydrogen-bond acceptors (Lipinski definition) is 5. The number of nitrogen functional groups attached to an aromatic ring is 1. The van der Waals surface area contributed by atoms with E-state index in [2.05, 4.69) is 10.6 Å². The minimum atomic E-state index is -0.860. The maximum atomic E-state index is 13.4. The molecule has 1 aliphatic heterocycles. The van der Waals surface area contributed by atoms with E-state index in [1.165, 1.54) is 0 Å². The number of anilines is 1. The van der Waals surface area contributed by atoms with Crippen LogP contribution in [0.15, 0.2) is 12.1 Å². The molecule has 1 aromatic rings. The fraction of sp³-hybridized carbons (Fsp3) is 0.417. The largest absolute Gasteiger partial charge is 0.393 e. The molecule has 1 saturated heterocycles. The third-order valence-corrected chi connectivity index (χ3v) is 3.24. The average molecular weight is 282 g/mol. The first kappa shape index (κ1) is 14.2. The van der Waals surface area contributed by atoms with Gasteiger partial charge in [-0.1, -0.05) is 0 Å². The number of rotatable bonds is 3. The normalized spacial score (nSPS) is 15.8. The predicted octanol–water partition coefficient (Wildman–Crippen LogP) is 0.798. The van der Waals surface area contributed by atoms with Gasteiger partial charge < -0.3 is 16.4 Å². The van der Waals surface area contributed by atoms with Gasteiger partial charge in [0.2, 0.25) is 0 Å². The monoisotopic (exact) mass is 282 g/mol. The van der Waals surface area contributed by atoms with Crippen LogP contribution < -0.4 is 16.4 Å². The second-order valence-corrected chi connectivity index (χ2v) is 4.64. The highest BCUT2D eigenvalue weighted by Gasteiger charge is 2.23. The highest BCUT2D eigenvalue weighted by molar-refractivity contribution is 6.01. The number of nitrogens with two attached hydrogens (primary N) is 1. The van der Waals surface area contributed by atoms with Crippen LogP contribution in [-0.4, -0.2) is 30.0 Å². The van der Waals surface area contributed by atoms with Crippen molar-refractivity contribution in [2.45, 2.75) is 18.9 Å². The summed E-state index contributed by atoms with van der Waals surface area (Å²) in [6.07, 6.45) is 1.51. The van der Waals surface area contributed by atoms with Gasteiger partial charge in [-0.15, -0.1) is 0 Å².